The number of carbonyl (C=O) groups excluding carboxylic acids is 1. The number of amides is 1. The van der Waals surface area contributed by atoms with Crippen LogP contribution in [0, 0.1) is 6.92 Å². The van der Waals surface area contributed by atoms with Crippen molar-refractivity contribution in [3.8, 4) is 0 Å². The Morgan fingerprint density at radius 2 is 2.08 bits per heavy atom. The number of rotatable bonds is 5. The van der Waals surface area contributed by atoms with Crippen molar-refractivity contribution in [2.75, 3.05) is 10.6 Å². The van der Waals surface area contributed by atoms with Crippen LogP contribution in [-0.4, -0.2) is 23.0 Å². The van der Waals surface area contributed by atoms with E-state index in [9.17, 15) is 4.79 Å². The van der Waals surface area contributed by atoms with E-state index in [-0.39, 0.29) is 12.1 Å². The zero-order chi connectivity index (χ0) is 18.7. The Hall–Kier alpha value is -2.31. The van der Waals surface area contributed by atoms with Crippen LogP contribution in [0.15, 0.2) is 30.5 Å². The molecule has 26 heavy (non-hydrogen) atoms. The molecule has 0 aliphatic heterocycles. The lowest BCUT2D eigenvalue weighted by Gasteiger charge is -2.31. The van der Waals surface area contributed by atoms with Crippen molar-refractivity contribution in [3.63, 3.8) is 0 Å². The van der Waals surface area contributed by atoms with Gasteiger partial charge in [-0.25, -0.2) is 4.98 Å². The Kier molecular flexibility index (Phi) is 5.64. The van der Waals surface area contributed by atoms with Crippen molar-refractivity contribution in [2.24, 2.45) is 11.5 Å². The van der Waals surface area contributed by atoms with Crippen LogP contribution in [0.1, 0.15) is 41.6 Å². The van der Waals surface area contributed by atoms with Crippen molar-refractivity contribution in [2.45, 2.75) is 44.7 Å². The van der Waals surface area contributed by atoms with Crippen molar-refractivity contribution >= 4 is 34.7 Å². The number of hydrogen-bond donors (Lipinski definition) is 4. The molecular formula is C19H24ClN5O. The Balaban J connectivity index is 1.95. The third-order valence-corrected chi connectivity index (χ3v) is 5.01. The van der Waals surface area contributed by atoms with E-state index in [1.54, 1.807) is 18.3 Å². The molecule has 0 spiro atoms. The second kappa shape index (κ2) is 7.93. The lowest BCUT2D eigenvalue weighted by molar-refractivity contribution is 0.100. The lowest BCUT2D eigenvalue weighted by atomic mass is 9.91. The van der Waals surface area contributed by atoms with Crippen LogP contribution < -0.4 is 22.1 Å². The first-order valence-corrected chi connectivity index (χ1v) is 9.17. The molecule has 1 heterocycles. The van der Waals surface area contributed by atoms with Gasteiger partial charge in [-0.05, 0) is 49.6 Å². The number of nitrogens with one attached hydrogen (secondary N) is 2. The van der Waals surface area contributed by atoms with Gasteiger partial charge in [-0.15, -0.1) is 0 Å². The molecule has 6 N–H and O–H groups in total. The fraction of sp³-hybridized carbons (Fsp3) is 0.368. The molecule has 0 saturated heterocycles. The van der Waals surface area contributed by atoms with Gasteiger partial charge in [-0.2, -0.15) is 0 Å². The Bertz CT molecular complexity index is 811. The number of hydrogen-bond acceptors (Lipinski definition) is 5. The highest BCUT2D eigenvalue weighted by atomic mass is 35.5. The maximum absolute atomic E-state index is 11.7. The highest BCUT2D eigenvalue weighted by Crippen LogP contribution is 2.36. The summed E-state index contributed by atoms with van der Waals surface area (Å²) in [4.78, 5) is 15.9. The van der Waals surface area contributed by atoms with E-state index < -0.39 is 5.91 Å². The summed E-state index contributed by atoms with van der Waals surface area (Å²) in [5.74, 6) is -0.138. The van der Waals surface area contributed by atoms with Gasteiger partial charge in [0.1, 0.15) is 5.82 Å². The van der Waals surface area contributed by atoms with E-state index in [0.29, 0.717) is 16.4 Å². The molecule has 1 aromatic carbocycles. The number of aryl methyl sites for hydroxylation is 1. The third kappa shape index (κ3) is 4.08. The van der Waals surface area contributed by atoms with E-state index in [1.807, 2.05) is 19.1 Å². The van der Waals surface area contributed by atoms with Gasteiger partial charge in [-0.1, -0.05) is 24.4 Å². The molecule has 0 radical (unpaired) electrons. The Morgan fingerprint density at radius 3 is 2.81 bits per heavy atom. The van der Waals surface area contributed by atoms with Gasteiger partial charge in [-0.3, -0.25) is 4.79 Å². The summed E-state index contributed by atoms with van der Waals surface area (Å²) in [6.45, 7) is 1.96. The molecule has 2 unspecified atom stereocenters. The smallest absolute Gasteiger partial charge is 0.252 e. The van der Waals surface area contributed by atoms with E-state index in [0.717, 1.165) is 42.6 Å². The van der Waals surface area contributed by atoms with Crippen LogP contribution in [0.5, 0.6) is 0 Å². The first-order valence-electron chi connectivity index (χ1n) is 8.80. The van der Waals surface area contributed by atoms with Gasteiger partial charge in [0.2, 0.25) is 0 Å². The molecule has 0 bridgehead atoms. The van der Waals surface area contributed by atoms with Crippen LogP contribution in [-0.2, 0) is 0 Å². The number of anilines is 3. The first-order chi connectivity index (χ1) is 12.5. The summed E-state index contributed by atoms with van der Waals surface area (Å²) in [6.07, 6.45) is 5.90. The zero-order valence-electron chi connectivity index (χ0n) is 14.8. The molecular weight excluding hydrogens is 350 g/mol. The molecule has 1 aliphatic carbocycles. The lowest BCUT2D eigenvalue weighted by Crippen LogP contribution is -2.42. The van der Waals surface area contributed by atoms with E-state index in [2.05, 4.69) is 15.6 Å². The summed E-state index contributed by atoms with van der Waals surface area (Å²) in [6, 6.07) is 7.42. The molecule has 1 fully saturated rings. The second-order valence-electron chi connectivity index (χ2n) is 6.76. The van der Waals surface area contributed by atoms with Gasteiger partial charge in [0, 0.05) is 18.3 Å². The fourth-order valence-corrected chi connectivity index (χ4v) is 3.67. The standard InChI is InChI=1S/C19H24ClN5O/c1-11-9-13(20)17(24-15-7-3-2-6-14(15)21)16(10-11)25-19-12(18(22)26)5-4-8-23-19/h4-5,8-10,14-15,24H,2-3,6-7,21H2,1H3,(H2,22,26)(H,23,25). The van der Waals surface area contributed by atoms with E-state index in [1.165, 1.54) is 0 Å². The van der Waals surface area contributed by atoms with E-state index in [4.69, 9.17) is 23.1 Å². The number of carbonyl (C=O) groups is 1. The number of halogens is 1. The molecule has 1 saturated carbocycles. The predicted octanol–water partition coefficient (Wildman–Crippen LogP) is 3.57. The van der Waals surface area contributed by atoms with Crippen LogP contribution in [0.3, 0.4) is 0 Å². The summed E-state index contributed by atoms with van der Waals surface area (Å²) < 4.78 is 0. The third-order valence-electron chi connectivity index (χ3n) is 4.71. The molecule has 138 valence electrons. The molecule has 2 aromatic rings. The summed E-state index contributed by atoms with van der Waals surface area (Å²) >= 11 is 6.51. The van der Waals surface area contributed by atoms with Crippen molar-refractivity contribution in [1.29, 1.82) is 0 Å². The monoisotopic (exact) mass is 373 g/mol. The maximum atomic E-state index is 11.7. The summed E-state index contributed by atoms with van der Waals surface area (Å²) in [7, 11) is 0. The van der Waals surface area contributed by atoms with Gasteiger partial charge in [0.05, 0.1) is 22.0 Å². The zero-order valence-corrected chi connectivity index (χ0v) is 15.5. The molecule has 3 rings (SSSR count). The minimum absolute atomic E-state index is 0.0880. The number of nitrogens with two attached hydrogens (primary N) is 2. The molecule has 1 amide bonds. The number of primary amides is 1. The maximum Gasteiger partial charge on any atom is 0.252 e. The van der Waals surface area contributed by atoms with Crippen LogP contribution in [0.4, 0.5) is 17.2 Å². The minimum atomic E-state index is -0.539. The van der Waals surface area contributed by atoms with Crippen molar-refractivity contribution in [1.82, 2.24) is 4.98 Å². The Labute approximate surface area is 158 Å². The highest BCUT2D eigenvalue weighted by molar-refractivity contribution is 6.34. The average Bonchev–Trinajstić information content (AvgIpc) is 2.59. The van der Waals surface area contributed by atoms with Gasteiger partial charge in [0.25, 0.3) is 5.91 Å². The fourth-order valence-electron chi connectivity index (χ4n) is 3.34. The molecule has 6 nitrogen and oxygen atoms in total. The van der Waals surface area contributed by atoms with Crippen molar-refractivity contribution < 1.29 is 4.79 Å². The van der Waals surface area contributed by atoms with Crippen LogP contribution in [0.25, 0.3) is 0 Å². The molecule has 1 aliphatic rings. The quantitative estimate of drug-likeness (QED) is 0.641. The van der Waals surface area contributed by atoms with Gasteiger partial charge < -0.3 is 22.1 Å². The number of pyridine rings is 1. The molecule has 1 aromatic heterocycles. The molecule has 7 heteroatoms. The second-order valence-corrected chi connectivity index (χ2v) is 7.16. The number of benzene rings is 1. The van der Waals surface area contributed by atoms with Gasteiger partial charge in [0.15, 0.2) is 0 Å². The van der Waals surface area contributed by atoms with Crippen LogP contribution in [0.2, 0.25) is 5.02 Å². The van der Waals surface area contributed by atoms with E-state index >= 15 is 0 Å². The normalized spacial score (nSPS) is 19.8. The topological polar surface area (TPSA) is 106 Å². The average molecular weight is 374 g/mol. The SMILES string of the molecule is Cc1cc(Cl)c(NC2CCCCC2N)c(Nc2ncccc2C(N)=O)c1. The predicted molar refractivity (Wildman–Crippen MR) is 106 cm³/mol. The van der Waals surface area contributed by atoms with Crippen LogP contribution >= 0.6 is 11.6 Å². The summed E-state index contributed by atoms with van der Waals surface area (Å²) in [5, 5.41) is 7.31. The minimum Gasteiger partial charge on any atom is -0.378 e. The number of nitrogens with zero attached hydrogens (tertiary/aromatic N) is 1. The highest BCUT2D eigenvalue weighted by Gasteiger charge is 2.24. The number of aromatic nitrogens is 1. The summed E-state index contributed by atoms with van der Waals surface area (Å²) in [5.41, 5.74) is 14.6. The molecule has 2 atom stereocenters. The largest absolute Gasteiger partial charge is 0.378 e. The van der Waals surface area contributed by atoms with Crippen molar-refractivity contribution in [3.05, 3.63) is 46.6 Å². The first kappa shape index (κ1) is 18.5. The van der Waals surface area contributed by atoms with Gasteiger partial charge >= 0.3 is 0 Å². The Morgan fingerprint density at radius 1 is 1.31 bits per heavy atom.